The monoisotopic (exact) mass is 779 g/mol. The van der Waals surface area contributed by atoms with Crippen LogP contribution >= 0.6 is 11.3 Å². The Hall–Kier alpha value is -5.46. The summed E-state index contributed by atoms with van der Waals surface area (Å²) < 4.78 is 91.4. The number of hydrogen-bond donors (Lipinski definition) is 2. The van der Waals surface area contributed by atoms with E-state index in [1.54, 1.807) is 6.92 Å². The summed E-state index contributed by atoms with van der Waals surface area (Å²) in [5, 5.41) is 14.8. The Bertz CT molecular complexity index is 1990. The van der Waals surface area contributed by atoms with Gasteiger partial charge >= 0.3 is 24.3 Å². The topological polar surface area (TPSA) is 154 Å². The van der Waals surface area contributed by atoms with Crippen LogP contribution in [0.1, 0.15) is 52.1 Å². The molecule has 1 unspecified atom stereocenters. The third-order valence-corrected chi connectivity index (χ3v) is 8.79. The molecule has 0 fully saturated rings. The number of amides is 1. The second kappa shape index (κ2) is 17.1. The molecule has 0 radical (unpaired) electrons. The lowest BCUT2D eigenvalue weighted by atomic mass is 9.87. The van der Waals surface area contributed by atoms with Crippen LogP contribution in [0, 0.1) is 18.6 Å². The Kier molecular flexibility index (Phi) is 13.1. The molecule has 2 N–H and O–H groups in total. The number of thiophene rings is 1. The van der Waals surface area contributed by atoms with Gasteiger partial charge < -0.3 is 29.4 Å². The lowest BCUT2D eigenvalue weighted by molar-refractivity contribution is -0.167. The van der Waals surface area contributed by atoms with E-state index in [9.17, 15) is 37.5 Å². The van der Waals surface area contributed by atoms with Crippen LogP contribution in [0.15, 0.2) is 60.0 Å². The van der Waals surface area contributed by atoms with Gasteiger partial charge in [-0.1, -0.05) is 18.2 Å². The molecule has 4 rings (SSSR count). The number of aromatic nitrogens is 1. The summed E-state index contributed by atoms with van der Waals surface area (Å²) in [5.41, 5.74) is -4.37. The number of carbonyl (C=O) groups excluding carboxylic acids is 4. The predicted octanol–water partition coefficient (Wildman–Crippen LogP) is 6.80. The van der Waals surface area contributed by atoms with E-state index in [0.717, 1.165) is 40.5 Å². The molecule has 2 aromatic heterocycles. The summed E-state index contributed by atoms with van der Waals surface area (Å²) in [6.07, 6.45) is -8.27. The van der Waals surface area contributed by atoms with E-state index in [1.165, 1.54) is 57.6 Å². The van der Waals surface area contributed by atoms with Gasteiger partial charge in [-0.25, -0.2) is 13.6 Å². The first-order chi connectivity index (χ1) is 25.5. The van der Waals surface area contributed by atoms with E-state index >= 15 is 8.78 Å². The molecule has 4 aromatic rings. The molecule has 18 heteroatoms. The van der Waals surface area contributed by atoms with E-state index in [2.05, 4.69) is 10.3 Å². The summed E-state index contributed by atoms with van der Waals surface area (Å²) in [7, 11) is 2.63. The quantitative estimate of drug-likeness (QED) is 0.0368. The van der Waals surface area contributed by atoms with Crippen molar-refractivity contribution >= 4 is 41.0 Å². The van der Waals surface area contributed by atoms with E-state index in [-0.39, 0.29) is 34.9 Å². The molecule has 1 amide bonds. The minimum absolute atomic E-state index is 0.0520. The number of anilines is 1. The van der Waals surface area contributed by atoms with Crippen LogP contribution in [0.2, 0.25) is 0 Å². The average Bonchev–Trinajstić information content (AvgIpc) is 3.65. The van der Waals surface area contributed by atoms with Gasteiger partial charge in [0, 0.05) is 22.2 Å². The normalized spacial score (nSPS) is 12.2. The standard InChI is InChI=1S/C36H34F5N3O9S/c1-6-50-32(47)35(33(48)51-7-2,25-9-8-16-54-25)18-52-34(49)53-29-23(37)17-24(26(27(29)38)31(46)44(4)5)43-30(45)22-15-10-19(3)42-28(22)20-11-13-21(14-12-20)36(39,40)41/h8-17,31,46H,6-7,18H2,1-5H3,(H,43,45). The van der Waals surface area contributed by atoms with Crippen LogP contribution in [0.5, 0.6) is 5.75 Å². The zero-order valence-electron chi connectivity index (χ0n) is 29.4. The zero-order valence-corrected chi connectivity index (χ0v) is 30.2. The fraction of sp³-hybridized carbons (Fsp3) is 0.306. The van der Waals surface area contributed by atoms with Gasteiger partial charge in [0.25, 0.3) is 5.91 Å². The van der Waals surface area contributed by atoms with Crippen molar-refractivity contribution in [2.75, 3.05) is 39.2 Å². The Balaban J connectivity index is 1.68. The van der Waals surface area contributed by atoms with Gasteiger partial charge in [-0.05, 0) is 70.6 Å². The van der Waals surface area contributed by atoms with Gasteiger partial charge in [-0.2, -0.15) is 13.2 Å². The maximum Gasteiger partial charge on any atom is 0.514 e. The molecule has 1 atom stereocenters. The number of halogens is 5. The molecule has 54 heavy (non-hydrogen) atoms. The Labute approximate surface area is 309 Å². The number of esters is 2. The summed E-state index contributed by atoms with van der Waals surface area (Å²) in [6.45, 7) is 3.15. The molecule has 288 valence electrons. The minimum atomic E-state index is -4.62. The third kappa shape index (κ3) is 8.83. The Morgan fingerprint density at radius 3 is 2.11 bits per heavy atom. The van der Waals surface area contributed by atoms with E-state index < -0.39 is 82.6 Å². The fourth-order valence-corrected chi connectivity index (χ4v) is 5.96. The van der Waals surface area contributed by atoms with Crippen LogP contribution < -0.4 is 10.1 Å². The smallest absolute Gasteiger partial charge is 0.465 e. The lowest BCUT2D eigenvalue weighted by Crippen LogP contribution is -2.50. The number of aliphatic hydroxyl groups excluding tert-OH is 1. The van der Waals surface area contributed by atoms with Gasteiger partial charge in [0.05, 0.1) is 41.3 Å². The van der Waals surface area contributed by atoms with Gasteiger partial charge in [-0.15, -0.1) is 11.3 Å². The molecular formula is C36H34F5N3O9S. The molecule has 0 saturated carbocycles. The second-order valence-corrected chi connectivity index (χ2v) is 12.6. The number of alkyl halides is 3. The number of ether oxygens (including phenoxy) is 4. The van der Waals surface area contributed by atoms with Crippen molar-refractivity contribution < 1.29 is 65.2 Å². The lowest BCUT2D eigenvalue weighted by Gasteiger charge is -2.27. The van der Waals surface area contributed by atoms with Gasteiger partial charge in [0.1, 0.15) is 12.8 Å². The molecule has 0 saturated heterocycles. The minimum Gasteiger partial charge on any atom is -0.465 e. The second-order valence-electron chi connectivity index (χ2n) is 11.6. The fourth-order valence-electron chi connectivity index (χ4n) is 5.07. The maximum atomic E-state index is 16.1. The Morgan fingerprint density at radius 2 is 1.57 bits per heavy atom. The summed E-state index contributed by atoms with van der Waals surface area (Å²) in [5.74, 6) is -7.84. The van der Waals surface area contributed by atoms with Crippen molar-refractivity contribution in [3.8, 4) is 17.0 Å². The molecule has 0 aliphatic carbocycles. The van der Waals surface area contributed by atoms with Crippen LogP contribution in [0.4, 0.5) is 32.4 Å². The number of pyridine rings is 1. The first-order valence-corrected chi connectivity index (χ1v) is 16.9. The van der Waals surface area contributed by atoms with Crippen molar-refractivity contribution in [1.82, 2.24) is 9.88 Å². The predicted molar refractivity (Wildman–Crippen MR) is 184 cm³/mol. The summed E-state index contributed by atoms with van der Waals surface area (Å²) in [6, 6.07) is 10.0. The third-order valence-electron chi connectivity index (χ3n) is 7.76. The largest absolute Gasteiger partial charge is 0.514 e. The highest BCUT2D eigenvalue weighted by atomic mass is 32.1. The van der Waals surface area contributed by atoms with Gasteiger partial charge in [0.2, 0.25) is 11.2 Å². The SMILES string of the molecule is CCOC(=O)C(COC(=O)Oc1c(F)cc(NC(=O)c2ccc(C)nc2-c2ccc(C(F)(F)F)cc2)c(C(O)N(C)C)c1F)(C(=O)OCC)c1cccs1. The first-order valence-electron chi connectivity index (χ1n) is 16.0. The number of aryl methyl sites for hydroxylation is 1. The first kappa shape index (κ1) is 41.3. The molecule has 0 aliphatic rings. The van der Waals surface area contributed by atoms with Crippen molar-refractivity contribution in [3.05, 3.63) is 98.9 Å². The molecule has 2 aromatic carbocycles. The van der Waals surface area contributed by atoms with Crippen LogP contribution in [0.25, 0.3) is 11.3 Å². The van der Waals surface area contributed by atoms with E-state index in [4.69, 9.17) is 18.9 Å². The van der Waals surface area contributed by atoms with Crippen LogP contribution in [-0.4, -0.2) is 72.9 Å². The number of rotatable bonds is 13. The summed E-state index contributed by atoms with van der Waals surface area (Å²) >= 11 is 0.947. The molecule has 12 nitrogen and oxygen atoms in total. The number of benzene rings is 2. The average molecular weight is 780 g/mol. The molecule has 0 spiro atoms. The zero-order chi connectivity index (χ0) is 40.0. The maximum absolute atomic E-state index is 16.1. The van der Waals surface area contributed by atoms with Gasteiger partial charge in [0.15, 0.2) is 11.6 Å². The Morgan fingerprint density at radius 1 is 0.944 bits per heavy atom. The number of aliphatic hydroxyl groups is 1. The summed E-state index contributed by atoms with van der Waals surface area (Å²) in [4.78, 5) is 58.3. The number of nitrogens with zero attached hydrogens (tertiary/aromatic N) is 2. The van der Waals surface area contributed by atoms with Crippen molar-refractivity contribution in [2.45, 2.75) is 38.6 Å². The van der Waals surface area contributed by atoms with Crippen molar-refractivity contribution in [3.63, 3.8) is 0 Å². The van der Waals surface area contributed by atoms with Crippen molar-refractivity contribution in [2.24, 2.45) is 0 Å². The van der Waals surface area contributed by atoms with E-state index in [1.807, 2.05) is 0 Å². The van der Waals surface area contributed by atoms with Crippen molar-refractivity contribution in [1.29, 1.82) is 0 Å². The highest BCUT2D eigenvalue weighted by Gasteiger charge is 2.53. The molecule has 0 aliphatic heterocycles. The highest BCUT2D eigenvalue weighted by Crippen LogP contribution is 2.38. The molecule has 0 bridgehead atoms. The number of hydrogen-bond acceptors (Lipinski definition) is 12. The molecule has 2 heterocycles. The highest BCUT2D eigenvalue weighted by molar-refractivity contribution is 7.10. The molecular weight excluding hydrogens is 745 g/mol. The number of nitrogens with one attached hydrogen (secondary N) is 1. The van der Waals surface area contributed by atoms with E-state index in [0.29, 0.717) is 11.8 Å². The van der Waals surface area contributed by atoms with Crippen LogP contribution in [-0.2, 0) is 35.4 Å². The van der Waals surface area contributed by atoms with Crippen LogP contribution in [0.3, 0.4) is 0 Å². The number of carbonyl (C=O) groups is 4. The van der Waals surface area contributed by atoms with Gasteiger partial charge in [-0.3, -0.25) is 24.3 Å².